The summed E-state index contributed by atoms with van der Waals surface area (Å²) in [5.41, 5.74) is 0.980. The summed E-state index contributed by atoms with van der Waals surface area (Å²) in [6.07, 6.45) is 4.39. The minimum Gasteiger partial charge on any atom is -0.383 e. The van der Waals surface area contributed by atoms with Crippen LogP contribution in [0.4, 0.5) is 5.69 Å². The highest BCUT2D eigenvalue weighted by Crippen LogP contribution is 2.22. The lowest BCUT2D eigenvalue weighted by molar-refractivity contribution is -0.0337. The maximum Gasteiger partial charge on any atom is 0.250 e. The molecule has 1 saturated heterocycles. The Kier molecular flexibility index (Phi) is 5.20. The third kappa shape index (κ3) is 4.08. The van der Waals surface area contributed by atoms with Crippen LogP contribution in [0.25, 0.3) is 0 Å². The van der Waals surface area contributed by atoms with Gasteiger partial charge in [0.25, 0.3) is 5.56 Å². The SMILES string of the molecule is COCCn1cc(NC2CC(C)OC(C)C2)ccc1=O. The summed E-state index contributed by atoms with van der Waals surface area (Å²) in [6.45, 7) is 5.31. The second-order valence-electron chi connectivity index (χ2n) is 5.51. The van der Waals surface area contributed by atoms with Gasteiger partial charge in [-0.15, -0.1) is 0 Å². The number of ether oxygens (including phenoxy) is 2. The molecule has 1 aliphatic rings. The first-order valence-corrected chi connectivity index (χ1v) is 7.20. The number of nitrogens with zero attached hydrogens (tertiary/aromatic N) is 1. The fraction of sp³-hybridized carbons (Fsp3) is 0.667. The van der Waals surface area contributed by atoms with Crippen LogP contribution in [0.3, 0.4) is 0 Å². The van der Waals surface area contributed by atoms with Gasteiger partial charge in [0.15, 0.2) is 0 Å². The van der Waals surface area contributed by atoms with Crippen LogP contribution in [-0.4, -0.2) is 36.5 Å². The summed E-state index contributed by atoms with van der Waals surface area (Å²) >= 11 is 0. The predicted octanol–water partition coefficient (Wildman–Crippen LogP) is 1.86. The molecule has 0 saturated carbocycles. The van der Waals surface area contributed by atoms with Crippen molar-refractivity contribution in [1.82, 2.24) is 4.57 Å². The second kappa shape index (κ2) is 6.90. The van der Waals surface area contributed by atoms with Gasteiger partial charge in [0, 0.05) is 32.0 Å². The second-order valence-corrected chi connectivity index (χ2v) is 5.51. The van der Waals surface area contributed by atoms with Crippen molar-refractivity contribution in [3.63, 3.8) is 0 Å². The molecule has 112 valence electrons. The van der Waals surface area contributed by atoms with Gasteiger partial charge in [0.2, 0.25) is 0 Å². The Balaban J connectivity index is 2.03. The first kappa shape index (κ1) is 15.1. The van der Waals surface area contributed by atoms with Gasteiger partial charge >= 0.3 is 0 Å². The first-order valence-electron chi connectivity index (χ1n) is 7.20. The molecule has 2 atom stereocenters. The van der Waals surface area contributed by atoms with Gasteiger partial charge in [0.05, 0.1) is 24.5 Å². The van der Waals surface area contributed by atoms with Gasteiger partial charge in [0.1, 0.15) is 0 Å². The lowest BCUT2D eigenvalue weighted by Gasteiger charge is -2.33. The van der Waals surface area contributed by atoms with Crippen molar-refractivity contribution >= 4 is 5.69 Å². The Morgan fingerprint density at radius 3 is 2.70 bits per heavy atom. The van der Waals surface area contributed by atoms with Crippen molar-refractivity contribution in [2.45, 2.75) is 51.5 Å². The fourth-order valence-electron chi connectivity index (χ4n) is 2.74. The molecular weight excluding hydrogens is 256 g/mol. The number of anilines is 1. The molecule has 5 heteroatoms. The summed E-state index contributed by atoms with van der Waals surface area (Å²) in [7, 11) is 1.64. The highest BCUT2D eigenvalue weighted by Gasteiger charge is 2.24. The smallest absolute Gasteiger partial charge is 0.250 e. The average Bonchev–Trinajstić information content (AvgIpc) is 2.38. The zero-order valence-corrected chi connectivity index (χ0v) is 12.5. The average molecular weight is 280 g/mol. The number of methoxy groups -OCH3 is 1. The predicted molar refractivity (Wildman–Crippen MR) is 79.2 cm³/mol. The molecule has 1 aromatic rings. The van der Waals surface area contributed by atoms with Crippen LogP contribution < -0.4 is 10.9 Å². The Hall–Kier alpha value is -1.33. The first-order chi connectivity index (χ1) is 9.58. The summed E-state index contributed by atoms with van der Waals surface area (Å²) in [5, 5.41) is 3.51. The molecule has 1 aliphatic heterocycles. The monoisotopic (exact) mass is 280 g/mol. The van der Waals surface area contributed by atoms with E-state index >= 15 is 0 Å². The number of rotatable bonds is 5. The molecule has 1 N–H and O–H groups in total. The standard InChI is InChI=1S/C15H24N2O3/c1-11-8-14(9-12(2)20-11)16-13-4-5-15(18)17(10-13)6-7-19-3/h4-5,10-12,14,16H,6-9H2,1-3H3. The van der Waals surface area contributed by atoms with E-state index in [1.54, 1.807) is 17.7 Å². The van der Waals surface area contributed by atoms with Gasteiger partial charge in [-0.25, -0.2) is 0 Å². The lowest BCUT2D eigenvalue weighted by atomic mass is 10.00. The fourth-order valence-corrected chi connectivity index (χ4v) is 2.74. The zero-order chi connectivity index (χ0) is 14.5. The Labute approximate surface area is 119 Å². The molecule has 0 aliphatic carbocycles. The van der Waals surface area contributed by atoms with Gasteiger partial charge in [-0.05, 0) is 32.8 Å². The number of aromatic nitrogens is 1. The molecule has 0 amide bonds. The molecule has 2 rings (SSSR count). The van der Waals surface area contributed by atoms with Crippen LogP contribution in [0.5, 0.6) is 0 Å². The normalized spacial score (nSPS) is 26.4. The maximum absolute atomic E-state index is 11.7. The van der Waals surface area contributed by atoms with Crippen LogP contribution in [0, 0.1) is 0 Å². The molecule has 0 bridgehead atoms. The lowest BCUT2D eigenvalue weighted by Crippen LogP contribution is -2.37. The van der Waals surface area contributed by atoms with E-state index in [4.69, 9.17) is 9.47 Å². The summed E-state index contributed by atoms with van der Waals surface area (Å²) in [5.74, 6) is 0. The number of pyridine rings is 1. The largest absolute Gasteiger partial charge is 0.383 e. The molecule has 0 spiro atoms. The molecule has 0 radical (unpaired) electrons. The van der Waals surface area contributed by atoms with Gasteiger partial charge in [-0.1, -0.05) is 0 Å². The van der Waals surface area contributed by atoms with E-state index in [0.717, 1.165) is 18.5 Å². The summed E-state index contributed by atoms with van der Waals surface area (Å²) in [6, 6.07) is 3.84. The highest BCUT2D eigenvalue weighted by molar-refractivity contribution is 5.41. The van der Waals surface area contributed by atoms with E-state index in [9.17, 15) is 4.79 Å². The topological polar surface area (TPSA) is 52.5 Å². The minimum atomic E-state index is 0.00122. The Morgan fingerprint density at radius 2 is 2.05 bits per heavy atom. The van der Waals surface area contributed by atoms with E-state index in [-0.39, 0.29) is 17.8 Å². The molecule has 2 unspecified atom stereocenters. The van der Waals surface area contributed by atoms with E-state index in [1.807, 2.05) is 12.3 Å². The Bertz CT molecular complexity index is 476. The van der Waals surface area contributed by atoms with Gasteiger partial charge in [-0.2, -0.15) is 0 Å². The number of nitrogens with one attached hydrogen (secondary N) is 1. The molecule has 0 aromatic carbocycles. The molecule has 2 heterocycles. The van der Waals surface area contributed by atoms with Crippen molar-refractivity contribution in [3.05, 3.63) is 28.7 Å². The zero-order valence-electron chi connectivity index (χ0n) is 12.5. The van der Waals surface area contributed by atoms with Crippen molar-refractivity contribution in [2.24, 2.45) is 0 Å². The van der Waals surface area contributed by atoms with Crippen molar-refractivity contribution in [1.29, 1.82) is 0 Å². The van der Waals surface area contributed by atoms with Gasteiger partial charge < -0.3 is 19.4 Å². The Morgan fingerprint density at radius 1 is 1.35 bits per heavy atom. The van der Waals surface area contributed by atoms with Crippen LogP contribution in [-0.2, 0) is 16.0 Å². The van der Waals surface area contributed by atoms with E-state index in [0.29, 0.717) is 19.2 Å². The van der Waals surface area contributed by atoms with E-state index < -0.39 is 0 Å². The quantitative estimate of drug-likeness (QED) is 0.894. The summed E-state index contributed by atoms with van der Waals surface area (Å²) in [4.78, 5) is 11.7. The van der Waals surface area contributed by atoms with E-state index in [1.165, 1.54) is 0 Å². The van der Waals surface area contributed by atoms with Crippen LogP contribution >= 0.6 is 0 Å². The van der Waals surface area contributed by atoms with Crippen LogP contribution in [0.15, 0.2) is 23.1 Å². The highest BCUT2D eigenvalue weighted by atomic mass is 16.5. The van der Waals surface area contributed by atoms with Crippen molar-refractivity contribution < 1.29 is 9.47 Å². The summed E-state index contributed by atoms with van der Waals surface area (Å²) < 4.78 is 12.4. The third-order valence-corrected chi connectivity index (χ3v) is 3.59. The number of hydrogen-bond acceptors (Lipinski definition) is 4. The maximum atomic E-state index is 11.7. The van der Waals surface area contributed by atoms with E-state index in [2.05, 4.69) is 19.2 Å². The molecule has 5 nitrogen and oxygen atoms in total. The molecule has 1 fully saturated rings. The number of hydrogen-bond donors (Lipinski definition) is 1. The molecule has 20 heavy (non-hydrogen) atoms. The van der Waals surface area contributed by atoms with Crippen LogP contribution in [0.1, 0.15) is 26.7 Å². The third-order valence-electron chi connectivity index (χ3n) is 3.59. The van der Waals surface area contributed by atoms with Crippen LogP contribution in [0.2, 0.25) is 0 Å². The van der Waals surface area contributed by atoms with Gasteiger partial charge in [-0.3, -0.25) is 4.79 Å². The van der Waals surface area contributed by atoms with Crippen molar-refractivity contribution in [3.8, 4) is 0 Å². The molecular formula is C15H24N2O3. The van der Waals surface area contributed by atoms with Crippen molar-refractivity contribution in [2.75, 3.05) is 19.0 Å². The molecule has 1 aromatic heterocycles. The minimum absolute atomic E-state index is 0.00122.